The number of aryl methyl sites for hydroxylation is 1. The summed E-state index contributed by atoms with van der Waals surface area (Å²) >= 11 is -0.264. The molecule has 0 unspecified atom stereocenters. The quantitative estimate of drug-likeness (QED) is 0.308. The third-order valence-corrected chi connectivity index (χ3v) is 5.41. The molecule has 6 nitrogen and oxygen atoms in total. The number of amides is 1. The van der Waals surface area contributed by atoms with Gasteiger partial charge in [-0.1, -0.05) is 12.1 Å². The van der Waals surface area contributed by atoms with E-state index in [1.54, 1.807) is 42.9 Å². The summed E-state index contributed by atoms with van der Waals surface area (Å²) in [5.41, 5.74) is -0.740. The molecule has 1 amide bonds. The molecule has 172 valence electrons. The molecule has 0 aliphatic heterocycles. The maximum Gasteiger partial charge on any atom is 0.446 e. The molecule has 0 bridgehead atoms. The molecule has 2 aromatic carbocycles. The number of nitrogens with one attached hydrogen (secondary N) is 2. The normalized spacial score (nSPS) is 11.2. The van der Waals surface area contributed by atoms with E-state index < -0.39 is 11.4 Å². The highest BCUT2D eigenvalue weighted by Gasteiger charge is 2.29. The zero-order valence-electron chi connectivity index (χ0n) is 17.8. The van der Waals surface area contributed by atoms with Gasteiger partial charge in [0, 0.05) is 46.0 Å². The lowest BCUT2D eigenvalue weighted by Gasteiger charge is -2.12. The van der Waals surface area contributed by atoms with Crippen molar-refractivity contribution < 1.29 is 18.0 Å². The molecule has 0 radical (unpaired) electrons. The number of nitrogens with zero attached hydrogens (tertiary/aromatic N) is 3. The van der Waals surface area contributed by atoms with Gasteiger partial charge in [0.15, 0.2) is 0 Å². The molecular weight excluding hydrogens is 463 g/mol. The van der Waals surface area contributed by atoms with Gasteiger partial charge in [0.2, 0.25) is 5.95 Å². The Bertz CT molecular complexity index is 1320. The highest BCUT2D eigenvalue weighted by molar-refractivity contribution is 8.00. The predicted octanol–water partition coefficient (Wildman–Crippen LogP) is 6.45. The molecule has 0 saturated carbocycles. The van der Waals surface area contributed by atoms with Gasteiger partial charge >= 0.3 is 5.51 Å². The van der Waals surface area contributed by atoms with Crippen molar-refractivity contribution in [2.24, 2.45) is 0 Å². The predicted molar refractivity (Wildman–Crippen MR) is 126 cm³/mol. The fourth-order valence-electron chi connectivity index (χ4n) is 3.09. The fourth-order valence-corrected chi connectivity index (χ4v) is 3.69. The number of alkyl halides is 3. The zero-order valence-corrected chi connectivity index (χ0v) is 18.6. The topological polar surface area (TPSA) is 79.8 Å². The number of thioether (sulfide) groups is 1. The summed E-state index contributed by atoms with van der Waals surface area (Å²) in [6.45, 7) is 1.89. The lowest BCUT2D eigenvalue weighted by molar-refractivity contribution is -0.0328. The van der Waals surface area contributed by atoms with Crippen LogP contribution in [0.1, 0.15) is 15.9 Å². The van der Waals surface area contributed by atoms with Gasteiger partial charge in [-0.15, -0.1) is 0 Å². The third kappa shape index (κ3) is 6.10. The first-order chi connectivity index (χ1) is 16.3. The molecule has 2 aromatic heterocycles. The summed E-state index contributed by atoms with van der Waals surface area (Å²) in [5, 5.41) is 5.87. The Morgan fingerprint density at radius 3 is 2.62 bits per heavy atom. The summed E-state index contributed by atoms with van der Waals surface area (Å²) in [6, 6.07) is 16.1. The van der Waals surface area contributed by atoms with Crippen LogP contribution >= 0.6 is 11.8 Å². The van der Waals surface area contributed by atoms with Crippen molar-refractivity contribution in [1.29, 1.82) is 0 Å². The number of benzene rings is 2. The smallest absolute Gasteiger partial charge is 0.324 e. The molecule has 10 heteroatoms. The Morgan fingerprint density at radius 2 is 1.85 bits per heavy atom. The first-order valence-corrected chi connectivity index (χ1v) is 10.9. The molecule has 0 spiro atoms. The minimum atomic E-state index is -4.43. The van der Waals surface area contributed by atoms with E-state index in [1.165, 1.54) is 24.3 Å². The van der Waals surface area contributed by atoms with Gasteiger partial charge in [0.1, 0.15) is 0 Å². The molecule has 2 heterocycles. The maximum atomic E-state index is 12.6. The summed E-state index contributed by atoms with van der Waals surface area (Å²) in [6.07, 6.45) is 5.01. The molecule has 0 fully saturated rings. The largest absolute Gasteiger partial charge is 0.446 e. The number of halogens is 3. The lowest BCUT2D eigenvalue weighted by Crippen LogP contribution is -2.12. The molecule has 0 atom stereocenters. The molecular formula is C24H18F3N5OS. The van der Waals surface area contributed by atoms with Crippen LogP contribution < -0.4 is 10.6 Å². The van der Waals surface area contributed by atoms with Gasteiger partial charge in [-0.2, -0.15) is 13.2 Å². The Morgan fingerprint density at radius 1 is 1.00 bits per heavy atom. The Hall–Kier alpha value is -3.92. The zero-order chi connectivity index (χ0) is 24.1. The molecule has 0 saturated heterocycles. The van der Waals surface area contributed by atoms with Crippen molar-refractivity contribution in [3.63, 3.8) is 0 Å². The minimum Gasteiger partial charge on any atom is -0.324 e. The SMILES string of the molecule is Cc1ccc(NC(=O)c2cccc(SC(F)(F)F)c2)cc1Nc1nccc(-c2cccnc2)n1. The van der Waals surface area contributed by atoms with Crippen molar-refractivity contribution in [2.45, 2.75) is 17.3 Å². The van der Waals surface area contributed by atoms with Crippen LogP contribution in [-0.2, 0) is 0 Å². The van der Waals surface area contributed by atoms with Gasteiger partial charge in [-0.3, -0.25) is 9.78 Å². The average molecular weight is 482 g/mol. The Labute approximate surface area is 197 Å². The van der Waals surface area contributed by atoms with Gasteiger partial charge in [-0.25, -0.2) is 9.97 Å². The van der Waals surface area contributed by atoms with E-state index in [0.717, 1.165) is 11.1 Å². The molecule has 4 aromatic rings. The van der Waals surface area contributed by atoms with E-state index in [-0.39, 0.29) is 22.2 Å². The summed E-state index contributed by atoms with van der Waals surface area (Å²) in [4.78, 5) is 25.4. The van der Waals surface area contributed by atoms with E-state index >= 15 is 0 Å². The second-order valence-electron chi connectivity index (χ2n) is 7.19. The standard InChI is InChI=1S/C24H18F3N5OS/c1-15-7-8-18(30-22(33)16-4-2-6-19(12-16)34-24(25,26)27)13-21(15)32-23-29-11-9-20(31-23)17-5-3-10-28-14-17/h2-14H,1H3,(H,30,33)(H,29,31,32). The second-order valence-corrected chi connectivity index (χ2v) is 8.33. The molecule has 4 rings (SSSR count). The summed E-state index contributed by atoms with van der Waals surface area (Å²) in [7, 11) is 0. The Balaban J connectivity index is 1.51. The molecule has 0 aliphatic carbocycles. The van der Waals surface area contributed by atoms with Crippen LogP contribution in [0.3, 0.4) is 0 Å². The van der Waals surface area contributed by atoms with Crippen LogP contribution in [0.5, 0.6) is 0 Å². The van der Waals surface area contributed by atoms with Gasteiger partial charge in [0.25, 0.3) is 5.91 Å². The van der Waals surface area contributed by atoms with Crippen molar-refractivity contribution >= 4 is 35.0 Å². The van der Waals surface area contributed by atoms with Crippen LogP contribution in [0.15, 0.2) is 84.1 Å². The number of hydrogen-bond donors (Lipinski definition) is 2. The van der Waals surface area contributed by atoms with Crippen molar-refractivity contribution in [3.8, 4) is 11.3 Å². The average Bonchev–Trinajstić information content (AvgIpc) is 2.81. The number of hydrogen-bond acceptors (Lipinski definition) is 6. The summed E-state index contributed by atoms with van der Waals surface area (Å²) < 4.78 is 37.9. The molecule has 0 aliphatic rings. The number of aromatic nitrogens is 3. The highest BCUT2D eigenvalue weighted by Crippen LogP contribution is 2.37. The summed E-state index contributed by atoms with van der Waals surface area (Å²) in [5.74, 6) is -0.154. The van der Waals surface area contributed by atoms with E-state index in [0.29, 0.717) is 23.0 Å². The minimum absolute atomic E-state index is 0.0583. The fraction of sp³-hybridized carbons (Fsp3) is 0.0833. The van der Waals surface area contributed by atoms with Crippen LogP contribution in [0, 0.1) is 6.92 Å². The first-order valence-electron chi connectivity index (χ1n) is 10.1. The van der Waals surface area contributed by atoms with Crippen LogP contribution in [0.25, 0.3) is 11.3 Å². The first kappa shape index (κ1) is 23.2. The number of pyridine rings is 1. The van der Waals surface area contributed by atoms with Crippen molar-refractivity contribution in [2.75, 3.05) is 10.6 Å². The lowest BCUT2D eigenvalue weighted by atomic mass is 10.1. The number of rotatable bonds is 6. The van der Waals surface area contributed by atoms with E-state index in [2.05, 4.69) is 25.6 Å². The van der Waals surface area contributed by atoms with Crippen molar-refractivity contribution in [3.05, 3.63) is 90.4 Å². The van der Waals surface area contributed by atoms with E-state index in [1.807, 2.05) is 19.1 Å². The maximum absolute atomic E-state index is 12.6. The van der Waals surface area contributed by atoms with Gasteiger partial charge < -0.3 is 10.6 Å². The van der Waals surface area contributed by atoms with Crippen LogP contribution in [0.2, 0.25) is 0 Å². The second kappa shape index (κ2) is 9.92. The van der Waals surface area contributed by atoms with Crippen LogP contribution in [0.4, 0.5) is 30.5 Å². The van der Waals surface area contributed by atoms with Gasteiger partial charge in [-0.05, 0) is 72.8 Å². The number of anilines is 3. The van der Waals surface area contributed by atoms with E-state index in [9.17, 15) is 18.0 Å². The van der Waals surface area contributed by atoms with Crippen LogP contribution in [-0.4, -0.2) is 26.4 Å². The number of carbonyl (C=O) groups is 1. The monoisotopic (exact) mass is 481 g/mol. The Kier molecular flexibility index (Phi) is 6.78. The molecule has 34 heavy (non-hydrogen) atoms. The third-order valence-electron chi connectivity index (χ3n) is 4.68. The van der Waals surface area contributed by atoms with Gasteiger partial charge in [0.05, 0.1) is 5.69 Å². The highest BCUT2D eigenvalue weighted by atomic mass is 32.2. The molecule has 2 N–H and O–H groups in total. The number of carbonyl (C=O) groups excluding carboxylic acids is 1. The van der Waals surface area contributed by atoms with Crippen molar-refractivity contribution in [1.82, 2.24) is 15.0 Å². The van der Waals surface area contributed by atoms with E-state index in [4.69, 9.17) is 0 Å².